The zero-order chi connectivity index (χ0) is 14.9. The zero-order valence-corrected chi connectivity index (χ0v) is 12.5. The van der Waals surface area contributed by atoms with E-state index in [1.807, 2.05) is 18.2 Å². The van der Waals surface area contributed by atoms with Crippen LogP contribution < -0.4 is 5.32 Å². The van der Waals surface area contributed by atoms with E-state index in [9.17, 15) is 9.90 Å². The van der Waals surface area contributed by atoms with Crippen LogP contribution >= 0.6 is 0 Å². The number of fused-ring (bicyclic) bond motifs is 1. The van der Waals surface area contributed by atoms with Crippen LogP contribution in [0.15, 0.2) is 18.2 Å². The fourth-order valence-corrected chi connectivity index (χ4v) is 3.26. The van der Waals surface area contributed by atoms with Crippen LogP contribution in [0.25, 0.3) is 0 Å². The predicted octanol–water partition coefficient (Wildman–Crippen LogP) is 2.39. The molecule has 0 saturated heterocycles. The Morgan fingerprint density at radius 1 is 1.33 bits per heavy atom. The number of hydrogen-bond acceptors (Lipinski definition) is 3. The van der Waals surface area contributed by atoms with E-state index in [4.69, 9.17) is 4.74 Å². The molecule has 4 heteroatoms. The summed E-state index contributed by atoms with van der Waals surface area (Å²) in [5.41, 5.74) is 2.47. The first kappa shape index (κ1) is 14.5. The molecule has 0 unspecified atom stereocenters. The number of rotatable bonds is 3. The normalized spacial score (nSPS) is 28.2. The maximum atomic E-state index is 12.5. The van der Waals surface area contributed by atoms with Crippen LogP contribution in [-0.4, -0.2) is 23.2 Å². The third-order valence-corrected chi connectivity index (χ3v) is 4.90. The summed E-state index contributed by atoms with van der Waals surface area (Å²) in [5, 5.41) is 12.8. The van der Waals surface area contributed by atoms with Crippen molar-refractivity contribution in [3.8, 4) is 0 Å². The minimum absolute atomic E-state index is 0.0134. The van der Waals surface area contributed by atoms with Crippen molar-refractivity contribution in [3.05, 3.63) is 34.9 Å². The molecule has 0 aromatic heterocycles. The highest BCUT2D eigenvalue weighted by Gasteiger charge is 2.35. The molecule has 1 amide bonds. The average molecular weight is 289 g/mol. The molecule has 1 saturated carbocycles. The van der Waals surface area contributed by atoms with Crippen LogP contribution in [0.2, 0.25) is 0 Å². The Balaban J connectivity index is 1.73. The molecule has 1 aromatic rings. The molecular weight excluding hydrogens is 266 g/mol. The lowest BCUT2D eigenvalue weighted by Gasteiger charge is -2.38. The van der Waals surface area contributed by atoms with Gasteiger partial charge in [-0.25, -0.2) is 0 Å². The molecule has 114 valence electrons. The van der Waals surface area contributed by atoms with Gasteiger partial charge in [0.25, 0.3) is 5.91 Å². The summed E-state index contributed by atoms with van der Waals surface area (Å²) in [6.45, 7) is 3.46. The monoisotopic (exact) mass is 289 g/mol. The molecule has 1 aliphatic heterocycles. The van der Waals surface area contributed by atoms with Crippen molar-refractivity contribution in [2.75, 3.05) is 6.61 Å². The van der Waals surface area contributed by atoms with Gasteiger partial charge < -0.3 is 15.2 Å². The van der Waals surface area contributed by atoms with Gasteiger partial charge >= 0.3 is 0 Å². The molecule has 1 aromatic carbocycles. The number of ether oxygens (including phenoxy) is 1. The zero-order valence-electron chi connectivity index (χ0n) is 12.5. The molecule has 1 fully saturated rings. The van der Waals surface area contributed by atoms with E-state index in [0.29, 0.717) is 24.7 Å². The van der Waals surface area contributed by atoms with E-state index >= 15 is 0 Å². The lowest BCUT2D eigenvalue weighted by atomic mass is 9.77. The Morgan fingerprint density at radius 2 is 2.05 bits per heavy atom. The van der Waals surface area contributed by atoms with Gasteiger partial charge in [0, 0.05) is 5.56 Å². The minimum Gasteiger partial charge on any atom is -0.394 e. The van der Waals surface area contributed by atoms with Gasteiger partial charge in [0.05, 0.1) is 25.4 Å². The third kappa shape index (κ3) is 2.97. The topological polar surface area (TPSA) is 58.6 Å². The van der Waals surface area contributed by atoms with Crippen molar-refractivity contribution in [2.45, 2.75) is 51.4 Å². The summed E-state index contributed by atoms with van der Waals surface area (Å²) in [7, 11) is 0. The highest BCUT2D eigenvalue weighted by atomic mass is 16.5. The van der Waals surface area contributed by atoms with Gasteiger partial charge in [0.15, 0.2) is 0 Å². The molecule has 1 aliphatic carbocycles. The number of hydrogen-bond donors (Lipinski definition) is 2. The quantitative estimate of drug-likeness (QED) is 0.898. The summed E-state index contributed by atoms with van der Waals surface area (Å²) in [6, 6.07) is 5.72. The Hall–Kier alpha value is -1.39. The Bertz CT molecular complexity index is 533. The standard InChI is InChI=1S/C17H23NO3/c1-12-4-6-17(11-19,7-5-12)18-16(20)13-2-3-14-9-21-10-15(14)8-13/h2-3,8,12,19H,4-7,9-11H2,1H3,(H,18,20). The molecule has 4 nitrogen and oxygen atoms in total. The van der Waals surface area contributed by atoms with E-state index in [0.717, 1.165) is 36.8 Å². The average Bonchev–Trinajstić information content (AvgIpc) is 2.97. The van der Waals surface area contributed by atoms with Gasteiger partial charge in [-0.1, -0.05) is 13.0 Å². The van der Waals surface area contributed by atoms with Crippen LogP contribution in [0.3, 0.4) is 0 Å². The van der Waals surface area contributed by atoms with Crippen molar-refractivity contribution >= 4 is 5.91 Å². The molecule has 3 rings (SSSR count). The molecular formula is C17H23NO3. The van der Waals surface area contributed by atoms with Crippen LogP contribution in [0.1, 0.15) is 54.1 Å². The number of aliphatic hydroxyl groups excluding tert-OH is 1. The predicted molar refractivity (Wildman–Crippen MR) is 79.9 cm³/mol. The smallest absolute Gasteiger partial charge is 0.251 e. The lowest BCUT2D eigenvalue weighted by Crippen LogP contribution is -2.53. The first-order valence-electron chi connectivity index (χ1n) is 7.75. The van der Waals surface area contributed by atoms with Gasteiger partial charge in [-0.2, -0.15) is 0 Å². The Labute approximate surface area is 125 Å². The lowest BCUT2D eigenvalue weighted by molar-refractivity contribution is 0.0717. The molecule has 0 radical (unpaired) electrons. The second kappa shape index (κ2) is 5.78. The Morgan fingerprint density at radius 3 is 2.76 bits per heavy atom. The number of carbonyl (C=O) groups excluding carboxylic acids is 1. The van der Waals surface area contributed by atoms with Gasteiger partial charge in [-0.15, -0.1) is 0 Å². The van der Waals surface area contributed by atoms with Crippen LogP contribution in [-0.2, 0) is 18.0 Å². The number of amides is 1. The first-order chi connectivity index (χ1) is 10.1. The van der Waals surface area contributed by atoms with E-state index in [1.54, 1.807) is 0 Å². The van der Waals surface area contributed by atoms with E-state index in [2.05, 4.69) is 12.2 Å². The van der Waals surface area contributed by atoms with Crippen LogP contribution in [0, 0.1) is 5.92 Å². The van der Waals surface area contributed by atoms with Crippen molar-refractivity contribution in [1.82, 2.24) is 5.32 Å². The third-order valence-electron chi connectivity index (χ3n) is 4.90. The molecule has 21 heavy (non-hydrogen) atoms. The number of carbonyl (C=O) groups is 1. The summed E-state index contributed by atoms with van der Waals surface area (Å²) in [5.74, 6) is 0.590. The van der Waals surface area contributed by atoms with Crippen molar-refractivity contribution in [1.29, 1.82) is 0 Å². The summed E-state index contributed by atoms with van der Waals surface area (Å²) in [4.78, 5) is 12.5. The van der Waals surface area contributed by atoms with Crippen molar-refractivity contribution in [2.24, 2.45) is 5.92 Å². The SMILES string of the molecule is CC1CCC(CO)(NC(=O)c2ccc3c(c2)COC3)CC1. The number of nitrogens with one attached hydrogen (secondary N) is 1. The second-order valence-corrected chi connectivity index (χ2v) is 6.55. The maximum Gasteiger partial charge on any atom is 0.251 e. The minimum atomic E-state index is -0.445. The molecule has 0 atom stereocenters. The number of benzene rings is 1. The molecule has 2 N–H and O–H groups in total. The van der Waals surface area contributed by atoms with Crippen LogP contribution in [0.4, 0.5) is 0 Å². The fraction of sp³-hybridized carbons (Fsp3) is 0.588. The van der Waals surface area contributed by atoms with E-state index in [-0.39, 0.29) is 12.5 Å². The first-order valence-corrected chi connectivity index (χ1v) is 7.75. The largest absolute Gasteiger partial charge is 0.394 e. The van der Waals surface area contributed by atoms with Gasteiger partial charge in [-0.05, 0) is 54.9 Å². The van der Waals surface area contributed by atoms with Gasteiger partial charge in [-0.3, -0.25) is 4.79 Å². The van der Waals surface area contributed by atoms with Crippen molar-refractivity contribution < 1.29 is 14.6 Å². The van der Waals surface area contributed by atoms with E-state index < -0.39 is 5.54 Å². The fourth-order valence-electron chi connectivity index (χ4n) is 3.26. The highest BCUT2D eigenvalue weighted by Crippen LogP contribution is 2.32. The number of aliphatic hydroxyl groups is 1. The molecule has 2 aliphatic rings. The molecule has 1 heterocycles. The highest BCUT2D eigenvalue weighted by molar-refractivity contribution is 5.95. The Kier molecular flexibility index (Phi) is 4.00. The summed E-state index contributed by atoms with van der Waals surface area (Å²) in [6.07, 6.45) is 3.81. The molecule has 0 bridgehead atoms. The molecule has 0 spiro atoms. The maximum absolute atomic E-state index is 12.5. The van der Waals surface area contributed by atoms with Crippen molar-refractivity contribution in [3.63, 3.8) is 0 Å². The summed E-state index contributed by atoms with van der Waals surface area (Å²) >= 11 is 0. The van der Waals surface area contributed by atoms with Gasteiger partial charge in [0.2, 0.25) is 0 Å². The van der Waals surface area contributed by atoms with E-state index in [1.165, 1.54) is 0 Å². The summed E-state index contributed by atoms with van der Waals surface area (Å²) < 4.78 is 5.38. The van der Waals surface area contributed by atoms with Crippen LogP contribution in [0.5, 0.6) is 0 Å². The van der Waals surface area contributed by atoms with Gasteiger partial charge in [0.1, 0.15) is 0 Å². The second-order valence-electron chi connectivity index (χ2n) is 6.55.